The SMILES string of the molecule is O=C(C1=CC=CC1=C(NCc1ccco1)c1ccco1)c1ccco1. The maximum Gasteiger partial charge on any atom is 0.228 e. The zero-order valence-corrected chi connectivity index (χ0v) is 13.3. The summed E-state index contributed by atoms with van der Waals surface area (Å²) in [4.78, 5) is 12.7. The highest BCUT2D eigenvalue weighted by Gasteiger charge is 2.24. The molecule has 1 aliphatic rings. The fourth-order valence-electron chi connectivity index (χ4n) is 2.70. The summed E-state index contributed by atoms with van der Waals surface area (Å²) in [5.41, 5.74) is 2.03. The first kappa shape index (κ1) is 15.1. The molecule has 5 heteroatoms. The van der Waals surface area contributed by atoms with E-state index in [1.165, 1.54) is 6.26 Å². The van der Waals surface area contributed by atoms with Crippen LogP contribution >= 0.6 is 0 Å². The summed E-state index contributed by atoms with van der Waals surface area (Å²) in [7, 11) is 0. The van der Waals surface area contributed by atoms with Crippen LogP contribution in [0.4, 0.5) is 0 Å². The van der Waals surface area contributed by atoms with E-state index in [4.69, 9.17) is 13.3 Å². The van der Waals surface area contributed by atoms with Gasteiger partial charge in [0.25, 0.3) is 0 Å². The molecule has 0 unspecified atom stereocenters. The topological polar surface area (TPSA) is 68.5 Å². The molecule has 0 bridgehead atoms. The van der Waals surface area contributed by atoms with Crippen molar-refractivity contribution in [1.82, 2.24) is 5.32 Å². The summed E-state index contributed by atoms with van der Waals surface area (Å²) >= 11 is 0. The third-order valence-corrected chi connectivity index (χ3v) is 3.86. The second-order valence-corrected chi connectivity index (χ2v) is 5.44. The van der Waals surface area contributed by atoms with Crippen molar-refractivity contribution >= 4 is 11.5 Å². The second kappa shape index (κ2) is 6.57. The Morgan fingerprint density at radius 1 is 0.920 bits per heavy atom. The fraction of sp³-hybridized carbons (Fsp3) is 0.0500. The molecule has 0 atom stereocenters. The van der Waals surface area contributed by atoms with Crippen LogP contribution in [0.15, 0.2) is 97.8 Å². The van der Waals surface area contributed by atoms with E-state index in [9.17, 15) is 4.79 Å². The van der Waals surface area contributed by atoms with Gasteiger partial charge in [0.05, 0.1) is 31.0 Å². The molecular formula is C20H15NO4. The van der Waals surface area contributed by atoms with Crippen molar-refractivity contribution < 1.29 is 18.0 Å². The van der Waals surface area contributed by atoms with Crippen LogP contribution in [-0.4, -0.2) is 5.78 Å². The molecule has 0 aromatic carbocycles. The minimum atomic E-state index is -0.172. The number of carbonyl (C=O) groups excluding carboxylic acids is 1. The zero-order valence-electron chi connectivity index (χ0n) is 13.3. The van der Waals surface area contributed by atoms with Crippen LogP contribution in [0.2, 0.25) is 0 Å². The molecule has 3 aromatic rings. The zero-order chi connectivity index (χ0) is 17.1. The molecule has 25 heavy (non-hydrogen) atoms. The number of Topliss-reactive ketones (excluding diaryl/α,β-unsaturated/α-hetero) is 1. The number of furan rings is 3. The first-order valence-corrected chi connectivity index (χ1v) is 7.84. The predicted molar refractivity (Wildman–Crippen MR) is 91.4 cm³/mol. The average molecular weight is 333 g/mol. The molecule has 124 valence electrons. The van der Waals surface area contributed by atoms with Crippen molar-refractivity contribution in [3.05, 3.63) is 102 Å². The van der Waals surface area contributed by atoms with Gasteiger partial charge in [-0.05, 0) is 36.4 Å². The summed E-state index contributed by atoms with van der Waals surface area (Å²) < 4.78 is 16.2. The molecule has 0 saturated heterocycles. The molecule has 1 N–H and O–H groups in total. The minimum absolute atomic E-state index is 0.172. The lowest BCUT2D eigenvalue weighted by atomic mass is 10.0. The van der Waals surface area contributed by atoms with Crippen molar-refractivity contribution in [3.8, 4) is 0 Å². The Balaban J connectivity index is 1.70. The maximum absolute atomic E-state index is 12.7. The van der Waals surface area contributed by atoms with Crippen LogP contribution in [0.25, 0.3) is 5.70 Å². The van der Waals surface area contributed by atoms with E-state index in [-0.39, 0.29) is 5.78 Å². The van der Waals surface area contributed by atoms with Gasteiger partial charge >= 0.3 is 0 Å². The van der Waals surface area contributed by atoms with Gasteiger partial charge in [-0.3, -0.25) is 4.79 Å². The van der Waals surface area contributed by atoms with Crippen LogP contribution in [-0.2, 0) is 6.54 Å². The lowest BCUT2D eigenvalue weighted by molar-refractivity contribution is 0.101. The number of ketones is 1. The Bertz CT molecular complexity index is 940. The molecule has 0 aliphatic heterocycles. The van der Waals surface area contributed by atoms with E-state index in [1.54, 1.807) is 36.8 Å². The minimum Gasteiger partial charge on any atom is -0.467 e. The molecule has 1 aliphatic carbocycles. The van der Waals surface area contributed by atoms with E-state index >= 15 is 0 Å². The monoisotopic (exact) mass is 333 g/mol. The molecule has 0 spiro atoms. The number of hydrogen-bond acceptors (Lipinski definition) is 5. The summed E-state index contributed by atoms with van der Waals surface area (Å²) in [5, 5.41) is 3.31. The van der Waals surface area contributed by atoms with Crippen LogP contribution in [0, 0.1) is 0 Å². The van der Waals surface area contributed by atoms with Gasteiger partial charge in [-0.1, -0.05) is 18.2 Å². The van der Waals surface area contributed by atoms with Gasteiger partial charge in [0.2, 0.25) is 5.78 Å². The lowest BCUT2D eigenvalue weighted by Crippen LogP contribution is -2.15. The van der Waals surface area contributed by atoms with Crippen molar-refractivity contribution in [1.29, 1.82) is 0 Å². The molecule has 0 fully saturated rings. The number of allylic oxidation sites excluding steroid dienone is 5. The van der Waals surface area contributed by atoms with Crippen molar-refractivity contribution in [2.45, 2.75) is 6.54 Å². The number of hydrogen-bond donors (Lipinski definition) is 1. The molecule has 3 heterocycles. The normalized spacial score (nSPS) is 15.3. The Kier molecular flexibility index (Phi) is 3.96. The quantitative estimate of drug-likeness (QED) is 0.679. The van der Waals surface area contributed by atoms with Gasteiger partial charge < -0.3 is 18.6 Å². The van der Waals surface area contributed by atoms with E-state index in [0.717, 1.165) is 17.0 Å². The van der Waals surface area contributed by atoms with E-state index in [0.29, 0.717) is 23.6 Å². The van der Waals surface area contributed by atoms with Crippen LogP contribution < -0.4 is 5.32 Å². The highest BCUT2D eigenvalue weighted by Crippen LogP contribution is 2.30. The van der Waals surface area contributed by atoms with E-state index in [1.807, 2.05) is 30.4 Å². The second-order valence-electron chi connectivity index (χ2n) is 5.44. The molecule has 0 amide bonds. The molecule has 5 nitrogen and oxygen atoms in total. The van der Waals surface area contributed by atoms with Gasteiger partial charge in [0, 0.05) is 11.1 Å². The van der Waals surface area contributed by atoms with Gasteiger partial charge in [-0.2, -0.15) is 0 Å². The summed E-state index contributed by atoms with van der Waals surface area (Å²) in [6.07, 6.45) is 10.2. The molecular weight excluding hydrogens is 318 g/mol. The first-order valence-electron chi connectivity index (χ1n) is 7.84. The van der Waals surface area contributed by atoms with Crippen LogP contribution in [0.1, 0.15) is 22.1 Å². The highest BCUT2D eigenvalue weighted by atomic mass is 16.3. The standard InChI is InChI=1S/C20H15NO4/c22-20(18-9-4-12-25-18)16-7-1-6-15(16)19(17-8-3-11-24-17)21-13-14-5-2-10-23-14/h1-12,21H,13H2. The number of nitrogens with one attached hydrogen (secondary N) is 1. The van der Waals surface area contributed by atoms with Gasteiger partial charge in [0.15, 0.2) is 5.76 Å². The Morgan fingerprint density at radius 2 is 1.64 bits per heavy atom. The van der Waals surface area contributed by atoms with Crippen LogP contribution in [0.3, 0.4) is 0 Å². The highest BCUT2D eigenvalue weighted by molar-refractivity contribution is 6.12. The third kappa shape index (κ3) is 2.99. The third-order valence-electron chi connectivity index (χ3n) is 3.86. The number of carbonyl (C=O) groups is 1. The molecule has 4 rings (SSSR count). The molecule has 0 saturated carbocycles. The molecule has 0 radical (unpaired) electrons. The summed E-state index contributed by atoms with van der Waals surface area (Å²) in [5.74, 6) is 1.56. The first-order chi connectivity index (χ1) is 12.3. The van der Waals surface area contributed by atoms with Crippen LogP contribution in [0.5, 0.6) is 0 Å². The largest absolute Gasteiger partial charge is 0.467 e. The lowest BCUT2D eigenvalue weighted by Gasteiger charge is -2.12. The van der Waals surface area contributed by atoms with Gasteiger partial charge in [-0.25, -0.2) is 0 Å². The van der Waals surface area contributed by atoms with E-state index < -0.39 is 0 Å². The maximum atomic E-state index is 12.7. The van der Waals surface area contributed by atoms with Crippen molar-refractivity contribution in [2.75, 3.05) is 0 Å². The summed E-state index contributed by atoms with van der Waals surface area (Å²) in [6.45, 7) is 0.475. The van der Waals surface area contributed by atoms with Crippen molar-refractivity contribution in [3.63, 3.8) is 0 Å². The Labute approximate surface area is 143 Å². The smallest absolute Gasteiger partial charge is 0.228 e. The van der Waals surface area contributed by atoms with Gasteiger partial charge in [-0.15, -0.1) is 0 Å². The summed E-state index contributed by atoms with van der Waals surface area (Å²) in [6, 6.07) is 10.7. The number of rotatable bonds is 6. The molecule has 3 aromatic heterocycles. The Hall–Kier alpha value is -3.47. The van der Waals surface area contributed by atoms with E-state index in [2.05, 4.69) is 5.32 Å². The Morgan fingerprint density at radius 3 is 2.32 bits per heavy atom. The predicted octanol–water partition coefficient (Wildman–Crippen LogP) is 4.35. The van der Waals surface area contributed by atoms with Gasteiger partial charge in [0.1, 0.15) is 11.5 Å². The van der Waals surface area contributed by atoms with Crippen molar-refractivity contribution in [2.24, 2.45) is 0 Å². The fourth-order valence-corrected chi connectivity index (χ4v) is 2.70. The average Bonchev–Trinajstić information content (AvgIpc) is 3.43.